The van der Waals surface area contributed by atoms with Gasteiger partial charge in [0.25, 0.3) is 11.8 Å². The lowest BCUT2D eigenvalue weighted by molar-refractivity contribution is 0.0694. The molecular formula is C21H24N2O4S. The van der Waals surface area contributed by atoms with Crippen LogP contribution >= 0.6 is 12.6 Å². The van der Waals surface area contributed by atoms with Gasteiger partial charge in [0.15, 0.2) is 0 Å². The molecule has 6 nitrogen and oxygen atoms in total. The van der Waals surface area contributed by atoms with Crippen LogP contribution in [-0.2, 0) is 0 Å². The molecule has 1 fully saturated rings. The summed E-state index contributed by atoms with van der Waals surface area (Å²) in [7, 11) is 3.10. The molecule has 0 radical (unpaired) electrons. The minimum Gasteiger partial charge on any atom is -0.497 e. The SMILES string of the molecule is COc1cc(OC)cc(C(=O)NC2CCN(C(=O)c3ccccc3S)CC2)c1. The third-order valence-electron chi connectivity index (χ3n) is 4.87. The van der Waals surface area contributed by atoms with Crippen molar-refractivity contribution in [3.63, 3.8) is 0 Å². The predicted octanol–water partition coefficient (Wildman–Crippen LogP) is 3.03. The number of nitrogens with zero attached hydrogens (tertiary/aromatic N) is 1. The van der Waals surface area contributed by atoms with Crippen LogP contribution in [0.4, 0.5) is 0 Å². The summed E-state index contributed by atoms with van der Waals surface area (Å²) in [6.45, 7) is 1.18. The largest absolute Gasteiger partial charge is 0.497 e. The van der Waals surface area contributed by atoms with Crippen molar-refractivity contribution in [3.05, 3.63) is 53.6 Å². The van der Waals surface area contributed by atoms with Crippen molar-refractivity contribution in [1.82, 2.24) is 10.2 Å². The van der Waals surface area contributed by atoms with Gasteiger partial charge in [-0.2, -0.15) is 0 Å². The smallest absolute Gasteiger partial charge is 0.254 e. The van der Waals surface area contributed by atoms with E-state index in [0.29, 0.717) is 53.5 Å². The lowest BCUT2D eigenvalue weighted by Crippen LogP contribution is -2.46. The standard InChI is InChI=1S/C21H24N2O4S/c1-26-16-11-14(12-17(13-16)27-2)20(24)22-15-7-9-23(10-8-15)21(25)18-5-3-4-6-19(18)28/h3-6,11-13,15,28H,7-10H2,1-2H3,(H,22,24). The number of carbonyl (C=O) groups excluding carboxylic acids is 2. The molecule has 2 amide bonds. The van der Waals surface area contributed by atoms with E-state index in [1.807, 2.05) is 23.1 Å². The molecule has 1 aliphatic rings. The normalized spacial score (nSPS) is 14.5. The molecule has 0 aliphatic carbocycles. The molecule has 1 saturated heterocycles. The molecule has 0 atom stereocenters. The topological polar surface area (TPSA) is 67.9 Å². The lowest BCUT2D eigenvalue weighted by Gasteiger charge is -2.32. The van der Waals surface area contributed by atoms with Gasteiger partial charge in [-0.25, -0.2) is 0 Å². The van der Waals surface area contributed by atoms with Gasteiger partial charge in [0, 0.05) is 35.7 Å². The maximum absolute atomic E-state index is 12.7. The van der Waals surface area contributed by atoms with Gasteiger partial charge in [-0.1, -0.05) is 12.1 Å². The second kappa shape index (κ2) is 9.01. The van der Waals surface area contributed by atoms with Crippen molar-refractivity contribution in [2.45, 2.75) is 23.8 Å². The van der Waals surface area contributed by atoms with Crippen molar-refractivity contribution >= 4 is 24.4 Å². The summed E-state index contributed by atoms with van der Waals surface area (Å²) in [5.41, 5.74) is 1.09. The minimum atomic E-state index is -0.178. The molecule has 2 aromatic rings. The number of benzene rings is 2. The maximum Gasteiger partial charge on any atom is 0.254 e. The van der Waals surface area contributed by atoms with E-state index in [2.05, 4.69) is 17.9 Å². The maximum atomic E-state index is 12.7. The number of carbonyl (C=O) groups is 2. The first-order chi connectivity index (χ1) is 13.5. The highest BCUT2D eigenvalue weighted by Gasteiger charge is 2.25. The summed E-state index contributed by atoms with van der Waals surface area (Å²) in [6.07, 6.45) is 1.40. The van der Waals surface area contributed by atoms with E-state index in [1.165, 1.54) is 0 Å². The van der Waals surface area contributed by atoms with Crippen molar-refractivity contribution in [1.29, 1.82) is 0 Å². The van der Waals surface area contributed by atoms with Gasteiger partial charge in [-0.05, 0) is 37.1 Å². The fraction of sp³-hybridized carbons (Fsp3) is 0.333. The molecule has 1 heterocycles. The van der Waals surface area contributed by atoms with E-state index in [1.54, 1.807) is 38.5 Å². The summed E-state index contributed by atoms with van der Waals surface area (Å²) in [6, 6.07) is 12.4. The van der Waals surface area contributed by atoms with Gasteiger partial charge in [-0.15, -0.1) is 12.6 Å². The monoisotopic (exact) mass is 400 g/mol. The molecular weight excluding hydrogens is 376 g/mol. The molecule has 28 heavy (non-hydrogen) atoms. The quantitative estimate of drug-likeness (QED) is 0.757. The van der Waals surface area contributed by atoms with Crippen LogP contribution in [0, 0.1) is 0 Å². The third-order valence-corrected chi connectivity index (χ3v) is 5.26. The Balaban J connectivity index is 1.59. The van der Waals surface area contributed by atoms with Crippen LogP contribution in [-0.4, -0.2) is 50.1 Å². The summed E-state index contributed by atoms with van der Waals surface area (Å²) in [5, 5.41) is 3.05. The summed E-state index contributed by atoms with van der Waals surface area (Å²) in [4.78, 5) is 27.8. The molecule has 0 saturated carbocycles. The number of amides is 2. The van der Waals surface area contributed by atoms with Crippen LogP contribution in [0.25, 0.3) is 0 Å². The summed E-state index contributed by atoms with van der Waals surface area (Å²) >= 11 is 4.37. The summed E-state index contributed by atoms with van der Waals surface area (Å²) in [5.74, 6) is 0.932. The highest BCUT2D eigenvalue weighted by atomic mass is 32.1. The Bertz CT molecular complexity index is 841. The molecule has 2 aromatic carbocycles. The summed E-state index contributed by atoms with van der Waals surface area (Å²) < 4.78 is 10.4. The van der Waals surface area contributed by atoms with Crippen molar-refractivity contribution in [2.75, 3.05) is 27.3 Å². The van der Waals surface area contributed by atoms with E-state index in [9.17, 15) is 9.59 Å². The van der Waals surface area contributed by atoms with Crippen LogP contribution in [0.2, 0.25) is 0 Å². The molecule has 1 aliphatic heterocycles. The number of hydrogen-bond acceptors (Lipinski definition) is 5. The van der Waals surface area contributed by atoms with Crippen LogP contribution in [0.15, 0.2) is 47.4 Å². The molecule has 0 bridgehead atoms. The Morgan fingerprint density at radius 2 is 1.64 bits per heavy atom. The predicted molar refractivity (Wildman–Crippen MR) is 110 cm³/mol. The van der Waals surface area contributed by atoms with E-state index >= 15 is 0 Å². The number of thiol groups is 1. The Hall–Kier alpha value is -2.67. The van der Waals surface area contributed by atoms with Gasteiger partial charge >= 0.3 is 0 Å². The zero-order valence-electron chi connectivity index (χ0n) is 16.0. The van der Waals surface area contributed by atoms with Gasteiger partial charge in [0.1, 0.15) is 11.5 Å². The van der Waals surface area contributed by atoms with Gasteiger partial charge in [0.05, 0.1) is 19.8 Å². The zero-order chi connectivity index (χ0) is 20.1. The molecule has 0 aromatic heterocycles. The zero-order valence-corrected chi connectivity index (χ0v) is 16.9. The molecule has 148 valence electrons. The third kappa shape index (κ3) is 4.59. The van der Waals surface area contributed by atoms with Crippen LogP contribution < -0.4 is 14.8 Å². The molecule has 0 spiro atoms. The fourth-order valence-electron chi connectivity index (χ4n) is 3.26. The fourth-order valence-corrected chi connectivity index (χ4v) is 3.52. The first-order valence-corrected chi connectivity index (χ1v) is 9.57. The van der Waals surface area contributed by atoms with Crippen LogP contribution in [0.5, 0.6) is 11.5 Å². The highest BCUT2D eigenvalue weighted by molar-refractivity contribution is 7.80. The number of piperidine rings is 1. The van der Waals surface area contributed by atoms with Crippen molar-refractivity contribution < 1.29 is 19.1 Å². The van der Waals surface area contributed by atoms with Crippen LogP contribution in [0.1, 0.15) is 33.6 Å². The number of rotatable bonds is 5. The van der Waals surface area contributed by atoms with Gasteiger partial charge in [0.2, 0.25) is 0 Å². The molecule has 3 rings (SSSR count). The number of methoxy groups -OCH3 is 2. The number of ether oxygens (including phenoxy) is 2. The van der Waals surface area contributed by atoms with E-state index in [-0.39, 0.29) is 17.9 Å². The average molecular weight is 401 g/mol. The average Bonchev–Trinajstić information content (AvgIpc) is 2.73. The Labute approximate surface area is 170 Å². The number of hydrogen-bond donors (Lipinski definition) is 2. The molecule has 0 unspecified atom stereocenters. The second-order valence-corrected chi connectivity index (χ2v) is 7.14. The Morgan fingerprint density at radius 3 is 2.21 bits per heavy atom. The van der Waals surface area contributed by atoms with Crippen molar-refractivity contribution in [2.24, 2.45) is 0 Å². The van der Waals surface area contributed by atoms with Crippen molar-refractivity contribution in [3.8, 4) is 11.5 Å². The number of nitrogens with one attached hydrogen (secondary N) is 1. The number of likely N-dealkylation sites (tertiary alicyclic amines) is 1. The first-order valence-electron chi connectivity index (χ1n) is 9.13. The molecule has 7 heteroatoms. The second-order valence-electron chi connectivity index (χ2n) is 6.66. The van der Waals surface area contributed by atoms with E-state index < -0.39 is 0 Å². The Morgan fingerprint density at radius 1 is 1.04 bits per heavy atom. The minimum absolute atomic E-state index is 0.0139. The molecule has 1 N–H and O–H groups in total. The van der Waals surface area contributed by atoms with E-state index in [4.69, 9.17) is 9.47 Å². The van der Waals surface area contributed by atoms with E-state index in [0.717, 1.165) is 0 Å². The lowest BCUT2D eigenvalue weighted by atomic mass is 10.0. The Kier molecular flexibility index (Phi) is 6.46. The van der Waals surface area contributed by atoms with Gasteiger partial charge < -0.3 is 19.7 Å². The first kappa shape index (κ1) is 20.1. The van der Waals surface area contributed by atoms with Gasteiger partial charge in [-0.3, -0.25) is 9.59 Å². The highest BCUT2D eigenvalue weighted by Crippen LogP contribution is 2.23. The van der Waals surface area contributed by atoms with Crippen LogP contribution in [0.3, 0.4) is 0 Å².